The molecule has 110 valence electrons. The number of ether oxygens (including phenoxy) is 3. The van der Waals surface area contributed by atoms with Crippen molar-refractivity contribution in [3.63, 3.8) is 0 Å². The molecule has 0 bridgehead atoms. The number of fused-ring (bicyclic) bond motifs is 1. The second kappa shape index (κ2) is 5.61. The predicted octanol–water partition coefficient (Wildman–Crippen LogP) is 2.03. The first-order chi connectivity index (χ1) is 10.2. The molecule has 0 saturated carbocycles. The first-order valence-corrected chi connectivity index (χ1v) is 7.17. The van der Waals surface area contributed by atoms with Crippen molar-refractivity contribution in [2.75, 3.05) is 19.5 Å². The standard InChI is InChI=1S/C14H14N2O4S/c1-18-14(17)11-12(15)21-16-13(11)20-7-8-2-3-10-9(6-8)4-5-19-10/h2-3,6H,4-5,7,15H2,1H3. The number of methoxy groups -OCH3 is 1. The number of nitrogens with zero attached hydrogens (tertiary/aromatic N) is 1. The fraction of sp³-hybridized carbons (Fsp3) is 0.286. The van der Waals surface area contributed by atoms with Gasteiger partial charge in [0.05, 0.1) is 13.7 Å². The van der Waals surface area contributed by atoms with Crippen LogP contribution >= 0.6 is 11.5 Å². The van der Waals surface area contributed by atoms with E-state index >= 15 is 0 Å². The Morgan fingerprint density at radius 1 is 1.52 bits per heavy atom. The van der Waals surface area contributed by atoms with E-state index in [0.717, 1.165) is 35.9 Å². The second-order valence-electron chi connectivity index (χ2n) is 4.55. The van der Waals surface area contributed by atoms with Gasteiger partial charge >= 0.3 is 5.97 Å². The molecule has 0 aliphatic carbocycles. The lowest BCUT2D eigenvalue weighted by Crippen LogP contribution is -2.06. The van der Waals surface area contributed by atoms with E-state index in [1.807, 2.05) is 18.2 Å². The summed E-state index contributed by atoms with van der Waals surface area (Å²) >= 11 is 1.01. The molecule has 3 rings (SSSR count). The van der Waals surface area contributed by atoms with Gasteiger partial charge in [-0.2, -0.15) is 4.37 Å². The van der Waals surface area contributed by atoms with Gasteiger partial charge in [0.15, 0.2) is 5.56 Å². The summed E-state index contributed by atoms with van der Waals surface area (Å²) in [6.07, 6.45) is 0.903. The van der Waals surface area contributed by atoms with E-state index in [4.69, 9.17) is 15.2 Å². The molecular formula is C14H14N2O4S. The number of hydrogen-bond acceptors (Lipinski definition) is 7. The Balaban J connectivity index is 1.75. The van der Waals surface area contributed by atoms with Crippen LogP contribution in [0.1, 0.15) is 21.5 Å². The Hall–Kier alpha value is -2.28. The number of hydrogen-bond donors (Lipinski definition) is 1. The summed E-state index contributed by atoms with van der Waals surface area (Å²) in [7, 11) is 1.30. The second-order valence-corrected chi connectivity index (χ2v) is 5.35. The Labute approximate surface area is 125 Å². The number of anilines is 1. The lowest BCUT2D eigenvalue weighted by Gasteiger charge is -2.07. The molecule has 21 heavy (non-hydrogen) atoms. The van der Waals surface area contributed by atoms with Gasteiger partial charge in [-0.3, -0.25) is 0 Å². The first kappa shape index (κ1) is 13.7. The molecule has 0 unspecified atom stereocenters. The van der Waals surface area contributed by atoms with E-state index in [2.05, 4.69) is 9.11 Å². The average molecular weight is 306 g/mol. The molecule has 0 atom stereocenters. The van der Waals surface area contributed by atoms with Crippen LogP contribution in [0.5, 0.6) is 11.6 Å². The Bertz CT molecular complexity index is 684. The largest absolute Gasteiger partial charge is 0.493 e. The summed E-state index contributed by atoms with van der Waals surface area (Å²) in [6.45, 7) is 1.02. The van der Waals surface area contributed by atoms with Crippen LogP contribution in [-0.2, 0) is 17.8 Å². The van der Waals surface area contributed by atoms with Crippen molar-refractivity contribution in [3.05, 3.63) is 34.9 Å². The van der Waals surface area contributed by atoms with E-state index in [1.54, 1.807) is 0 Å². The molecule has 0 spiro atoms. The molecule has 1 aromatic carbocycles. The van der Waals surface area contributed by atoms with Crippen LogP contribution in [0.15, 0.2) is 18.2 Å². The van der Waals surface area contributed by atoms with E-state index in [1.165, 1.54) is 12.7 Å². The van der Waals surface area contributed by atoms with Crippen LogP contribution in [0.25, 0.3) is 0 Å². The van der Waals surface area contributed by atoms with Crippen LogP contribution in [0.4, 0.5) is 5.00 Å². The smallest absolute Gasteiger partial charge is 0.346 e. The normalized spacial score (nSPS) is 12.6. The SMILES string of the molecule is COC(=O)c1c(OCc2ccc3c(c2)CCO3)nsc1N. The highest BCUT2D eigenvalue weighted by Gasteiger charge is 2.21. The van der Waals surface area contributed by atoms with Gasteiger partial charge in [0.25, 0.3) is 0 Å². The van der Waals surface area contributed by atoms with Gasteiger partial charge in [0.1, 0.15) is 17.4 Å². The molecule has 2 N–H and O–H groups in total. The molecule has 0 amide bonds. The lowest BCUT2D eigenvalue weighted by atomic mass is 10.1. The number of carbonyl (C=O) groups excluding carboxylic acids is 1. The van der Waals surface area contributed by atoms with Gasteiger partial charge in [-0.05, 0) is 34.8 Å². The zero-order valence-corrected chi connectivity index (χ0v) is 12.2. The highest BCUT2D eigenvalue weighted by atomic mass is 32.1. The number of esters is 1. The molecule has 1 aromatic heterocycles. The topological polar surface area (TPSA) is 83.7 Å². The summed E-state index contributed by atoms with van der Waals surface area (Å²) < 4.78 is 19.8. The van der Waals surface area contributed by atoms with Crippen molar-refractivity contribution in [2.24, 2.45) is 0 Å². The summed E-state index contributed by atoms with van der Waals surface area (Å²) in [4.78, 5) is 11.6. The number of nitrogens with two attached hydrogens (primary N) is 1. The van der Waals surface area contributed by atoms with Crippen molar-refractivity contribution in [1.82, 2.24) is 4.37 Å². The summed E-state index contributed by atoms with van der Waals surface area (Å²) in [5.74, 6) is 0.589. The van der Waals surface area contributed by atoms with Gasteiger partial charge in [-0.15, -0.1) is 0 Å². The van der Waals surface area contributed by atoms with Gasteiger partial charge in [0, 0.05) is 6.42 Å². The van der Waals surface area contributed by atoms with E-state index < -0.39 is 5.97 Å². The third-order valence-corrected chi connectivity index (χ3v) is 3.86. The van der Waals surface area contributed by atoms with Gasteiger partial charge in [-0.1, -0.05) is 6.07 Å². The fourth-order valence-corrected chi connectivity index (χ4v) is 2.74. The highest BCUT2D eigenvalue weighted by molar-refractivity contribution is 7.10. The molecule has 0 saturated heterocycles. The minimum absolute atomic E-state index is 0.187. The minimum Gasteiger partial charge on any atom is -0.493 e. The molecule has 1 aliphatic rings. The van der Waals surface area contributed by atoms with Crippen molar-refractivity contribution in [1.29, 1.82) is 0 Å². The van der Waals surface area contributed by atoms with Gasteiger partial charge in [-0.25, -0.2) is 4.79 Å². The lowest BCUT2D eigenvalue weighted by molar-refractivity contribution is 0.0597. The van der Waals surface area contributed by atoms with Crippen LogP contribution in [-0.4, -0.2) is 24.1 Å². The third kappa shape index (κ3) is 2.64. The number of nitrogen functional groups attached to an aromatic ring is 1. The molecule has 0 fully saturated rings. The maximum Gasteiger partial charge on any atom is 0.346 e. The molecular weight excluding hydrogens is 292 g/mol. The number of aromatic nitrogens is 1. The quantitative estimate of drug-likeness (QED) is 0.870. The van der Waals surface area contributed by atoms with Gasteiger partial charge in [0.2, 0.25) is 5.88 Å². The molecule has 1 aliphatic heterocycles. The number of rotatable bonds is 4. The zero-order chi connectivity index (χ0) is 14.8. The van der Waals surface area contributed by atoms with Crippen molar-refractivity contribution >= 4 is 22.5 Å². The molecule has 2 heterocycles. The number of carbonyl (C=O) groups is 1. The third-order valence-electron chi connectivity index (χ3n) is 3.21. The van der Waals surface area contributed by atoms with Crippen molar-refractivity contribution in [3.8, 4) is 11.6 Å². The van der Waals surface area contributed by atoms with Gasteiger partial charge < -0.3 is 19.9 Å². The van der Waals surface area contributed by atoms with E-state index in [9.17, 15) is 4.79 Å². The van der Waals surface area contributed by atoms with Crippen LogP contribution in [0.2, 0.25) is 0 Å². The fourth-order valence-electron chi connectivity index (χ4n) is 2.16. The van der Waals surface area contributed by atoms with Crippen LogP contribution in [0, 0.1) is 0 Å². The Kier molecular flexibility index (Phi) is 3.66. The van der Waals surface area contributed by atoms with Crippen LogP contribution < -0.4 is 15.2 Å². The van der Waals surface area contributed by atoms with Crippen LogP contribution in [0.3, 0.4) is 0 Å². The summed E-state index contributed by atoms with van der Waals surface area (Å²) in [5.41, 5.74) is 8.06. The van der Waals surface area contributed by atoms with E-state index in [0.29, 0.717) is 11.6 Å². The molecule has 6 nitrogen and oxygen atoms in total. The predicted molar refractivity (Wildman–Crippen MR) is 77.8 cm³/mol. The number of benzene rings is 1. The first-order valence-electron chi connectivity index (χ1n) is 6.40. The maximum atomic E-state index is 11.6. The minimum atomic E-state index is -0.543. The highest BCUT2D eigenvalue weighted by Crippen LogP contribution is 2.30. The van der Waals surface area contributed by atoms with Crippen molar-refractivity contribution < 1.29 is 19.0 Å². The van der Waals surface area contributed by atoms with E-state index in [-0.39, 0.29) is 11.4 Å². The zero-order valence-electron chi connectivity index (χ0n) is 11.4. The van der Waals surface area contributed by atoms with Crippen molar-refractivity contribution in [2.45, 2.75) is 13.0 Å². The summed E-state index contributed by atoms with van der Waals surface area (Å²) in [5, 5.41) is 0.291. The Morgan fingerprint density at radius 3 is 3.19 bits per heavy atom. The Morgan fingerprint density at radius 2 is 2.38 bits per heavy atom. The molecule has 7 heteroatoms. The maximum absolute atomic E-state index is 11.6. The monoisotopic (exact) mass is 306 g/mol. The summed E-state index contributed by atoms with van der Waals surface area (Å²) in [6, 6.07) is 5.89. The average Bonchev–Trinajstić information content (AvgIpc) is 3.10. The molecule has 0 radical (unpaired) electrons. The molecule has 2 aromatic rings.